The van der Waals surface area contributed by atoms with Crippen LogP contribution in [-0.4, -0.2) is 57.5 Å². The van der Waals surface area contributed by atoms with Crippen molar-refractivity contribution in [1.82, 2.24) is 19.5 Å². The van der Waals surface area contributed by atoms with Crippen LogP contribution in [0.2, 0.25) is 0 Å². The van der Waals surface area contributed by atoms with Gasteiger partial charge in [0.05, 0.1) is 0 Å². The van der Waals surface area contributed by atoms with Crippen molar-refractivity contribution < 1.29 is 10.9 Å². The second-order valence-electron chi connectivity index (χ2n) is 7.76. The standard InChI is InChI=1S/C10H11N5O3.2C6H5.Sn/c11-9-8-10(13-3-12-9)15(4-14-8)7-1-5(17)6(2-16)18-7;2*1-2-4-6-5-3-1;/h3-7H,1-2H2,(H2,11,12,13);2*1-5H;/q-2;;;+2/t5-,6-,7-;;;/m0.../s1. The molecule has 4 heterocycles. The average Bonchev–Trinajstić information content (AvgIpc) is 3.44. The third-order valence-electron chi connectivity index (χ3n) is 5.95. The van der Waals surface area contributed by atoms with Crippen LogP contribution in [0.1, 0.15) is 12.6 Å². The molecule has 156 valence electrons. The maximum atomic E-state index is 6.91. The zero-order valence-electron chi connectivity index (χ0n) is 16.7. The molecule has 0 spiro atoms. The summed E-state index contributed by atoms with van der Waals surface area (Å²) in [5.41, 5.74) is 7.19. The van der Waals surface area contributed by atoms with E-state index in [0.29, 0.717) is 30.0 Å². The molecular formula is C22H21N5O3Sn. The number of rotatable bonds is 3. The van der Waals surface area contributed by atoms with Gasteiger partial charge < -0.3 is 0 Å². The van der Waals surface area contributed by atoms with Gasteiger partial charge in [0.1, 0.15) is 0 Å². The molecule has 2 saturated heterocycles. The molecule has 2 N–H and O–H groups in total. The Balaban J connectivity index is 1.35. The van der Waals surface area contributed by atoms with Crippen molar-refractivity contribution >= 4 is 43.3 Å². The van der Waals surface area contributed by atoms with Gasteiger partial charge in [0.2, 0.25) is 0 Å². The molecule has 0 saturated carbocycles. The molecule has 2 aliphatic heterocycles. The zero-order valence-corrected chi connectivity index (χ0v) is 19.5. The van der Waals surface area contributed by atoms with E-state index in [1.807, 2.05) is 41.0 Å². The van der Waals surface area contributed by atoms with Crippen LogP contribution < -0.4 is 12.9 Å². The van der Waals surface area contributed by atoms with Crippen molar-refractivity contribution in [1.29, 1.82) is 0 Å². The van der Waals surface area contributed by atoms with Gasteiger partial charge >= 0.3 is 184 Å². The summed E-state index contributed by atoms with van der Waals surface area (Å²) in [5, 5.41) is 0. The minimum atomic E-state index is -3.80. The molecule has 6 rings (SSSR count). The van der Waals surface area contributed by atoms with Gasteiger partial charge in [-0.05, 0) is 0 Å². The summed E-state index contributed by atoms with van der Waals surface area (Å²) in [5.74, 6) is 0.363. The van der Waals surface area contributed by atoms with Gasteiger partial charge in [0.15, 0.2) is 0 Å². The number of benzene rings is 2. The Labute approximate surface area is 184 Å². The van der Waals surface area contributed by atoms with Crippen LogP contribution >= 0.6 is 0 Å². The van der Waals surface area contributed by atoms with Crippen LogP contribution in [0, 0.1) is 0 Å². The summed E-state index contributed by atoms with van der Waals surface area (Å²) < 4.78 is 24.1. The minimum absolute atomic E-state index is 0.0633. The van der Waals surface area contributed by atoms with Crippen LogP contribution in [0.4, 0.5) is 5.82 Å². The third-order valence-corrected chi connectivity index (χ3v) is 15.6. The van der Waals surface area contributed by atoms with Gasteiger partial charge in [0.25, 0.3) is 0 Å². The second kappa shape index (κ2) is 7.56. The molecule has 2 aromatic carbocycles. The number of nitrogens with zero attached hydrogens (tertiary/aromatic N) is 4. The van der Waals surface area contributed by atoms with Crippen molar-refractivity contribution in [3.8, 4) is 0 Å². The molecule has 0 radical (unpaired) electrons. The molecule has 8 nitrogen and oxygen atoms in total. The summed E-state index contributed by atoms with van der Waals surface area (Å²) in [6.45, 7) is 0.505. The van der Waals surface area contributed by atoms with E-state index in [-0.39, 0.29) is 18.4 Å². The molecule has 2 fully saturated rings. The SMILES string of the molecule is Nc1ncnc2c1ncn2[C@@H]1C[C@@H]2[O][Sn]([c]3ccccc3)([c]3ccccc3)[O]C[C@@H]2O1. The number of imidazole rings is 1. The number of fused-ring (bicyclic) bond motifs is 2. The van der Waals surface area contributed by atoms with Crippen molar-refractivity contribution in [2.24, 2.45) is 0 Å². The maximum absolute atomic E-state index is 6.91. The van der Waals surface area contributed by atoms with Crippen LogP contribution in [0.3, 0.4) is 0 Å². The first-order valence-electron chi connectivity index (χ1n) is 10.3. The van der Waals surface area contributed by atoms with E-state index in [1.165, 1.54) is 13.5 Å². The second-order valence-corrected chi connectivity index (χ2v) is 16.1. The summed E-state index contributed by atoms with van der Waals surface area (Å²) in [4.78, 5) is 12.8. The van der Waals surface area contributed by atoms with Gasteiger partial charge in [-0.25, -0.2) is 0 Å². The molecular weight excluding hydrogens is 501 g/mol. The topological polar surface area (TPSA) is 97.3 Å². The monoisotopic (exact) mass is 523 g/mol. The molecule has 3 atom stereocenters. The summed E-state index contributed by atoms with van der Waals surface area (Å²) in [6.07, 6.45) is 3.41. The van der Waals surface area contributed by atoms with Gasteiger partial charge in [-0.2, -0.15) is 0 Å². The molecule has 0 unspecified atom stereocenters. The Hall–Kier alpha value is -2.53. The summed E-state index contributed by atoms with van der Waals surface area (Å²) >= 11 is -3.80. The molecule has 0 bridgehead atoms. The van der Waals surface area contributed by atoms with E-state index in [0.717, 1.165) is 0 Å². The third kappa shape index (κ3) is 3.13. The Kier molecular flexibility index (Phi) is 4.67. The van der Waals surface area contributed by atoms with E-state index in [9.17, 15) is 0 Å². The van der Waals surface area contributed by atoms with Gasteiger partial charge in [-0.3, -0.25) is 0 Å². The van der Waals surface area contributed by atoms with Gasteiger partial charge in [-0.1, -0.05) is 0 Å². The fourth-order valence-corrected chi connectivity index (χ4v) is 14.0. The summed E-state index contributed by atoms with van der Waals surface area (Å²) in [6, 6.07) is 20.7. The predicted molar refractivity (Wildman–Crippen MR) is 117 cm³/mol. The normalized spacial score (nSPS) is 24.8. The number of hydrogen-bond acceptors (Lipinski definition) is 7. The number of anilines is 1. The molecule has 4 aromatic rings. The quantitative estimate of drug-likeness (QED) is 0.406. The van der Waals surface area contributed by atoms with E-state index in [1.54, 1.807) is 6.33 Å². The van der Waals surface area contributed by atoms with Gasteiger partial charge in [0, 0.05) is 0 Å². The van der Waals surface area contributed by atoms with Crippen LogP contribution in [0.15, 0.2) is 73.3 Å². The van der Waals surface area contributed by atoms with E-state index in [2.05, 4.69) is 39.2 Å². The van der Waals surface area contributed by atoms with Crippen LogP contribution in [-0.2, 0) is 10.9 Å². The van der Waals surface area contributed by atoms with Gasteiger partial charge in [-0.15, -0.1) is 0 Å². The number of ether oxygens (including phenoxy) is 1. The number of nitrogens with two attached hydrogens (primary N) is 1. The molecule has 9 heteroatoms. The van der Waals surface area contributed by atoms with E-state index < -0.39 is 19.2 Å². The first-order valence-corrected chi connectivity index (χ1v) is 15.4. The van der Waals surface area contributed by atoms with Crippen molar-refractivity contribution in [3.63, 3.8) is 0 Å². The Bertz CT molecular complexity index is 1180. The van der Waals surface area contributed by atoms with Crippen molar-refractivity contribution in [2.75, 3.05) is 12.3 Å². The number of nitrogen functional groups attached to an aromatic ring is 1. The molecule has 31 heavy (non-hydrogen) atoms. The zero-order chi connectivity index (χ0) is 20.8. The van der Waals surface area contributed by atoms with E-state index in [4.69, 9.17) is 16.6 Å². The first kappa shape index (κ1) is 19.2. The fraction of sp³-hybridized carbons (Fsp3) is 0.227. The van der Waals surface area contributed by atoms with E-state index >= 15 is 0 Å². The summed E-state index contributed by atoms with van der Waals surface area (Å²) in [7, 11) is 0. The Morgan fingerprint density at radius 1 is 0.903 bits per heavy atom. The van der Waals surface area contributed by atoms with Crippen molar-refractivity contribution in [2.45, 2.75) is 24.9 Å². The van der Waals surface area contributed by atoms with Crippen molar-refractivity contribution in [3.05, 3.63) is 73.3 Å². The number of aromatic nitrogens is 4. The predicted octanol–water partition coefficient (Wildman–Crippen LogP) is 1.37. The molecule has 0 amide bonds. The van der Waals surface area contributed by atoms with Crippen LogP contribution in [0.5, 0.6) is 0 Å². The molecule has 2 aliphatic rings. The molecule has 0 aliphatic carbocycles. The van der Waals surface area contributed by atoms with Crippen LogP contribution in [0.25, 0.3) is 11.2 Å². The number of hydrogen-bond donors (Lipinski definition) is 1. The Morgan fingerprint density at radius 3 is 2.32 bits per heavy atom. The fourth-order valence-electron chi connectivity index (χ4n) is 4.46. The first-order chi connectivity index (χ1) is 15.2. The Morgan fingerprint density at radius 2 is 1.61 bits per heavy atom. The molecule has 2 aromatic heterocycles. The average molecular weight is 522 g/mol.